The third kappa shape index (κ3) is 34.3. The normalized spacial score (nSPS) is 40.3. The molecule has 0 amide bonds. The van der Waals surface area contributed by atoms with Crippen molar-refractivity contribution in [3.05, 3.63) is 6.61 Å². The molecule has 7 saturated heterocycles. The van der Waals surface area contributed by atoms with E-state index in [0.29, 0.717) is 0 Å². The van der Waals surface area contributed by atoms with Gasteiger partial charge < -0.3 is 76.9 Å². The molecule has 0 aromatic carbocycles. The monoisotopic (exact) mass is 2070 g/mol. The van der Waals surface area contributed by atoms with Crippen LogP contribution in [0.4, 0.5) is 0 Å². The molecule has 0 aromatic heterocycles. The average Bonchev–Trinajstić information content (AvgIpc) is 0.779. The SMILES string of the molecule is CC1O[C@@H](OCC2[C@H](OCC3[C@H](OC[C@@H]4C(OOS(=O)O)[CH]OC(C)[C@H]4OOS(=O)O)OC(C)[C@@H](OOS(=O)O)[C@@H]3CO[C@@H]3OC(C)[C@@H](OOS(=O)O)[C@H](OS(=O)(=O)O)C3OOS(=O)O)OC(C)[C@@H](OOS(=O)O)[C@@H]2CO[C@@H]2OC(C)[C@@H](OOS(=O)O)[C@H](CO[C@@H]3OC(C)[C@@H](OOS(=O)O)[C@H](O)C3OOS(=O)O)C2OOS(=O)O)C(O)[C@@H](OS(=O)(=O)O)[C@@H]1O. The molecule has 0 aliphatic carbocycles. The number of hydrogen-bond donors (Lipinski definition) is 15. The standard InChI is InChI=1S/C48H83O64S12/c1-15-29(49)39(101-123(72,73)74)31(51)45(85-15)81-11-25-22(8-82-46-38(98-110-120(66)67)27(35(19(5)88-46)95-107-117(60)61)13-84-47-40(99-111-121(68)69)30(50)36(20(6)89-47)96-108-118(62)63)33(93-105-115(56)57)17(3)86-43(25)79-10-24-23(9-83-48-42(100-112-122(70)71)41(102-124(75,76)77)37(21(7)90-48)97-109-119(64)65)34(94-106-116(58)59)18(4)87-44(24)80-12-26-28(91-103-113(52)53)14-78-16(2)32(26)92-104-114(54)55/h14-51H,8-13H2,1-7H3,(H,52,53)(H,54,55)(H,56,57)(H,58,59)(H,60,61)(H,62,63)(H,64,65)(H,66,67)(H,68,69)(H,70,71)(H,72,73,74)(H,75,76,77)/t15?,16?,17?,18?,19?,20?,21?,22-,23-,24?,25?,26-,27+,28?,29-,30+,31?,32-,33-,34-,35-,36-,37-,38?,39+,40?,41+,42?,43-,44-,45-,46-,47-,48-/m1/s1. The van der Waals surface area contributed by atoms with Crippen molar-refractivity contribution in [2.45, 2.75) is 220 Å². The zero-order chi connectivity index (χ0) is 92.1. The van der Waals surface area contributed by atoms with Crippen LogP contribution in [0.1, 0.15) is 48.5 Å². The van der Waals surface area contributed by atoms with Gasteiger partial charge in [-0.3, -0.25) is 54.6 Å². The summed E-state index contributed by atoms with van der Waals surface area (Å²) in [5.74, 6) is -10.9. The first kappa shape index (κ1) is 110. The van der Waals surface area contributed by atoms with Gasteiger partial charge in [0.1, 0.15) is 73.8 Å². The smallest absolute Gasteiger partial charge is 0.388 e. The lowest BCUT2D eigenvalue weighted by Crippen LogP contribution is -2.62. The lowest BCUT2D eigenvalue weighted by atomic mass is 9.82. The van der Waals surface area contributed by atoms with Gasteiger partial charge in [-0.15, -0.1) is 43.3 Å². The molecule has 0 bridgehead atoms. The van der Waals surface area contributed by atoms with Crippen LogP contribution < -0.4 is 0 Å². The van der Waals surface area contributed by atoms with Gasteiger partial charge in [-0.2, -0.15) is 58.9 Å². The summed E-state index contributed by atoms with van der Waals surface area (Å²) in [6.07, 6.45) is -56.2. The van der Waals surface area contributed by atoms with E-state index in [1.165, 1.54) is 6.92 Å². The Morgan fingerprint density at radius 2 is 0.524 bits per heavy atom. The predicted octanol–water partition coefficient (Wildman–Crippen LogP) is -6.17. The summed E-state index contributed by atoms with van der Waals surface area (Å²) >= 11 is -33.5. The first-order valence-corrected chi connectivity index (χ1v) is 47.1. The molecular weight excluding hydrogens is 1990 g/mol. The molecule has 7 fully saturated rings. The van der Waals surface area contributed by atoms with Crippen LogP contribution in [0, 0.1) is 42.1 Å². The maximum atomic E-state index is 12.5. The van der Waals surface area contributed by atoms with E-state index in [0.717, 1.165) is 48.1 Å². The second-order valence-electron chi connectivity index (χ2n) is 26.1. The molecule has 15 N–H and O–H groups in total. The van der Waals surface area contributed by atoms with Crippen molar-refractivity contribution in [2.24, 2.45) is 35.5 Å². The Morgan fingerprint density at radius 1 is 0.258 bits per heavy atom. The zero-order valence-corrected chi connectivity index (χ0v) is 72.9. The van der Waals surface area contributed by atoms with E-state index in [-0.39, 0.29) is 0 Å². The van der Waals surface area contributed by atoms with E-state index < -0.39 is 382 Å². The third-order valence-corrected chi connectivity index (χ3v) is 21.3. The predicted molar refractivity (Wildman–Crippen MR) is 376 cm³/mol. The van der Waals surface area contributed by atoms with Crippen molar-refractivity contribution in [2.75, 3.05) is 39.6 Å². The fourth-order valence-electron chi connectivity index (χ4n) is 13.2. The third-order valence-electron chi connectivity index (χ3n) is 18.5. The highest BCUT2D eigenvalue weighted by atomic mass is 32.3. The molecular formula is C48H83O64S12. The number of aliphatic hydroxyl groups is 3. The van der Waals surface area contributed by atoms with Crippen LogP contribution in [0.5, 0.6) is 0 Å². The van der Waals surface area contributed by atoms with Gasteiger partial charge in [-0.1, -0.05) is 0 Å². The molecule has 124 heavy (non-hydrogen) atoms. The summed E-state index contributed by atoms with van der Waals surface area (Å²) < 4.78 is 419. The molecule has 0 spiro atoms. The van der Waals surface area contributed by atoms with Crippen LogP contribution in [-0.2, 0) is 297 Å². The lowest BCUT2D eigenvalue weighted by molar-refractivity contribution is -0.413. The molecule has 731 valence electrons. The van der Waals surface area contributed by atoms with Crippen LogP contribution in [0.25, 0.3) is 0 Å². The molecule has 0 aromatic rings. The van der Waals surface area contributed by atoms with Gasteiger partial charge in [0.15, 0.2) is 62.2 Å². The fraction of sp³-hybridized carbons (Fsp3) is 0.979. The fourth-order valence-corrected chi connectivity index (χ4v) is 15.8. The van der Waals surface area contributed by atoms with Crippen molar-refractivity contribution in [1.29, 1.82) is 0 Å². The van der Waals surface area contributed by atoms with Crippen molar-refractivity contribution < 1.29 is 291 Å². The molecule has 24 unspecified atom stereocenters. The molecule has 7 aliphatic heterocycles. The van der Waals surface area contributed by atoms with E-state index in [4.69, 9.17) is 119 Å². The summed E-state index contributed by atoms with van der Waals surface area (Å²) in [4.78, 5) is 51.5. The van der Waals surface area contributed by atoms with Gasteiger partial charge in [-0.05, 0) is 48.5 Å². The summed E-state index contributed by atoms with van der Waals surface area (Å²) in [7, 11) is -11.4. The van der Waals surface area contributed by atoms with Crippen LogP contribution >= 0.6 is 0 Å². The van der Waals surface area contributed by atoms with Crippen LogP contribution in [0.3, 0.4) is 0 Å². The largest absolute Gasteiger partial charge is 0.397 e. The quantitative estimate of drug-likeness (QED) is 0.0117. The van der Waals surface area contributed by atoms with Gasteiger partial charge in [-0.25, -0.2) is 57.2 Å². The average molecular weight is 2070 g/mol. The number of ether oxygens (including phenoxy) is 13. The van der Waals surface area contributed by atoms with Crippen molar-refractivity contribution in [3.63, 3.8) is 0 Å². The Kier molecular flexibility index (Phi) is 46.7. The summed E-state index contributed by atoms with van der Waals surface area (Å²) in [5.41, 5.74) is 0. The van der Waals surface area contributed by atoms with Crippen LogP contribution in [-0.4, -0.2) is 341 Å². The van der Waals surface area contributed by atoms with Crippen molar-refractivity contribution in [1.82, 2.24) is 0 Å². The Bertz CT molecular complexity index is 3760. The minimum atomic E-state index is -5.80. The molecule has 0 saturated carbocycles. The molecule has 44 atom stereocenters. The van der Waals surface area contributed by atoms with E-state index in [1.54, 1.807) is 0 Å². The van der Waals surface area contributed by atoms with Gasteiger partial charge in [0, 0.05) is 35.5 Å². The van der Waals surface area contributed by atoms with Gasteiger partial charge in [0.25, 0.3) is 0 Å². The maximum absolute atomic E-state index is 12.5. The first-order chi connectivity index (χ1) is 58.1. The summed E-state index contributed by atoms with van der Waals surface area (Å²) in [6, 6.07) is 0. The van der Waals surface area contributed by atoms with E-state index >= 15 is 0 Å². The number of rotatable bonds is 52. The molecule has 1 radical (unpaired) electrons. The second kappa shape index (κ2) is 52.5. The molecule has 64 nitrogen and oxygen atoms in total. The minimum absolute atomic E-state index is 0.859. The van der Waals surface area contributed by atoms with Gasteiger partial charge in [0.05, 0.1) is 82.4 Å². The summed E-state index contributed by atoms with van der Waals surface area (Å²) in [5, 5.41) is 34.0. The summed E-state index contributed by atoms with van der Waals surface area (Å²) in [6.45, 7) is 2.19. The highest BCUT2D eigenvalue weighted by molar-refractivity contribution is 7.81. The zero-order valence-electron chi connectivity index (χ0n) is 63.1. The Labute approximate surface area is 723 Å². The number of aliphatic hydroxyl groups excluding tert-OH is 3. The Morgan fingerprint density at radius 3 is 0.935 bits per heavy atom. The highest BCUT2D eigenvalue weighted by Crippen LogP contribution is 2.44. The lowest BCUT2D eigenvalue weighted by Gasteiger charge is -2.49. The molecule has 7 rings (SSSR count). The second-order valence-corrected chi connectivity index (χ2v) is 33.9. The maximum Gasteiger partial charge on any atom is 0.397 e. The number of hydrogen-bond acceptors (Lipinski definition) is 52. The molecule has 76 heteroatoms. The Hall–Kier alpha value is -0.600. The van der Waals surface area contributed by atoms with Crippen LogP contribution in [0.2, 0.25) is 0 Å². The molecule has 7 aliphatic rings. The Balaban J connectivity index is 1.40. The van der Waals surface area contributed by atoms with E-state index in [9.17, 15) is 129 Å². The van der Waals surface area contributed by atoms with Crippen molar-refractivity contribution in [3.8, 4) is 0 Å². The molecule has 7 heterocycles. The highest BCUT2D eigenvalue weighted by Gasteiger charge is 2.59. The minimum Gasteiger partial charge on any atom is -0.388 e. The van der Waals surface area contributed by atoms with Crippen LogP contribution in [0.15, 0.2) is 0 Å². The van der Waals surface area contributed by atoms with Gasteiger partial charge >= 0.3 is 134 Å². The van der Waals surface area contributed by atoms with E-state index in [2.05, 4.69) is 43.2 Å². The first-order valence-electron chi connectivity index (χ1n) is 34.1. The topological polar surface area (TPSA) is 865 Å². The van der Waals surface area contributed by atoms with Crippen molar-refractivity contribution >= 4 is 134 Å². The van der Waals surface area contributed by atoms with Gasteiger partial charge in [0.2, 0.25) is 0 Å². The van der Waals surface area contributed by atoms with E-state index in [1.807, 2.05) is 0 Å².